The van der Waals surface area contributed by atoms with Crippen LogP contribution < -0.4 is 4.72 Å². The number of halogens is 1. The van der Waals surface area contributed by atoms with Gasteiger partial charge in [0.25, 0.3) is 16.0 Å². The summed E-state index contributed by atoms with van der Waals surface area (Å²) in [6, 6.07) is 6.48. The molecular formula is C10H12ClN5O2S. The minimum absolute atomic E-state index is 0.0627. The first-order valence-electron chi connectivity index (χ1n) is 5.43. The van der Waals surface area contributed by atoms with Crippen LogP contribution in [-0.2, 0) is 23.5 Å². The Labute approximate surface area is 115 Å². The van der Waals surface area contributed by atoms with E-state index >= 15 is 0 Å². The number of sulfonamides is 1. The van der Waals surface area contributed by atoms with Crippen LogP contribution in [0.3, 0.4) is 0 Å². The van der Waals surface area contributed by atoms with E-state index in [0.29, 0.717) is 12.3 Å². The number of hydrogen-bond acceptors (Lipinski definition) is 5. The molecule has 9 heteroatoms. The molecule has 1 heterocycles. The van der Waals surface area contributed by atoms with Crippen molar-refractivity contribution in [3.8, 4) is 0 Å². The molecule has 0 spiro atoms. The van der Waals surface area contributed by atoms with Crippen LogP contribution in [0.5, 0.6) is 0 Å². The predicted molar refractivity (Wildman–Crippen MR) is 70.5 cm³/mol. The largest absolute Gasteiger partial charge is 0.277 e. The molecule has 2 aromatic rings. The Morgan fingerprint density at radius 1 is 1.32 bits per heavy atom. The SMILES string of the molecule is Cn1nnc(NS(=O)(=O)c2ccc(CCCl)cc2)n1. The van der Waals surface area contributed by atoms with Crippen molar-refractivity contribution in [3.05, 3.63) is 29.8 Å². The molecular weight excluding hydrogens is 290 g/mol. The zero-order chi connectivity index (χ0) is 13.9. The van der Waals surface area contributed by atoms with Gasteiger partial charge in [0.15, 0.2) is 0 Å². The van der Waals surface area contributed by atoms with Gasteiger partial charge in [-0.05, 0) is 29.3 Å². The van der Waals surface area contributed by atoms with Gasteiger partial charge in [-0.1, -0.05) is 17.2 Å². The van der Waals surface area contributed by atoms with Crippen LogP contribution in [0, 0.1) is 0 Å². The molecule has 0 amide bonds. The Morgan fingerprint density at radius 3 is 2.53 bits per heavy atom. The third-order valence-electron chi connectivity index (χ3n) is 2.35. The molecule has 0 fully saturated rings. The third kappa shape index (κ3) is 3.42. The number of aromatic nitrogens is 4. The fraction of sp³-hybridized carbons (Fsp3) is 0.300. The van der Waals surface area contributed by atoms with Gasteiger partial charge in [0.05, 0.1) is 11.9 Å². The molecule has 102 valence electrons. The van der Waals surface area contributed by atoms with Crippen LogP contribution in [0.25, 0.3) is 0 Å². The zero-order valence-electron chi connectivity index (χ0n) is 10.1. The van der Waals surface area contributed by atoms with E-state index in [9.17, 15) is 8.42 Å². The van der Waals surface area contributed by atoms with Crippen LogP contribution in [0.2, 0.25) is 0 Å². The molecule has 0 saturated carbocycles. The second-order valence-corrected chi connectivity index (χ2v) is 5.85. The van der Waals surface area contributed by atoms with E-state index in [1.54, 1.807) is 19.2 Å². The van der Waals surface area contributed by atoms with E-state index in [-0.39, 0.29) is 10.8 Å². The molecule has 0 atom stereocenters. The van der Waals surface area contributed by atoms with Gasteiger partial charge in [0.2, 0.25) is 0 Å². The van der Waals surface area contributed by atoms with Crippen molar-refractivity contribution >= 4 is 27.6 Å². The normalized spacial score (nSPS) is 11.5. The second kappa shape index (κ2) is 5.54. The molecule has 0 bridgehead atoms. The molecule has 1 N–H and O–H groups in total. The number of tetrazole rings is 1. The van der Waals surface area contributed by atoms with E-state index in [2.05, 4.69) is 20.1 Å². The highest BCUT2D eigenvalue weighted by molar-refractivity contribution is 7.92. The highest BCUT2D eigenvalue weighted by Crippen LogP contribution is 2.14. The fourth-order valence-electron chi connectivity index (χ4n) is 1.45. The molecule has 19 heavy (non-hydrogen) atoms. The summed E-state index contributed by atoms with van der Waals surface area (Å²) in [5.41, 5.74) is 0.978. The van der Waals surface area contributed by atoms with Crippen LogP contribution in [0.15, 0.2) is 29.2 Å². The summed E-state index contributed by atoms with van der Waals surface area (Å²) in [6.45, 7) is 0. The minimum atomic E-state index is -3.69. The lowest BCUT2D eigenvalue weighted by Gasteiger charge is -2.05. The lowest BCUT2D eigenvalue weighted by Crippen LogP contribution is -2.14. The van der Waals surface area contributed by atoms with Gasteiger partial charge in [0, 0.05) is 5.88 Å². The van der Waals surface area contributed by atoms with Gasteiger partial charge in [0.1, 0.15) is 0 Å². The molecule has 0 unspecified atom stereocenters. The number of aryl methyl sites for hydroxylation is 2. The maximum atomic E-state index is 12.0. The van der Waals surface area contributed by atoms with Crippen molar-refractivity contribution in [1.82, 2.24) is 20.2 Å². The monoisotopic (exact) mass is 301 g/mol. The topological polar surface area (TPSA) is 89.8 Å². The number of anilines is 1. The third-order valence-corrected chi connectivity index (χ3v) is 3.88. The van der Waals surface area contributed by atoms with E-state index < -0.39 is 10.0 Å². The van der Waals surface area contributed by atoms with E-state index in [4.69, 9.17) is 11.6 Å². The van der Waals surface area contributed by atoms with Gasteiger partial charge in [-0.25, -0.2) is 13.1 Å². The summed E-state index contributed by atoms with van der Waals surface area (Å²) in [6.07, 6.45) is 0.695. The van der Waals surface area contributed by atoms with E-state index in [1.165, 1.54) is 16.9 Å². The van der Waals surface area contributed by atoms with Crippen molar-refractivity contribution in [1.29, 1.82) is 0 Å². The Bertz CT molecular complexity index is 653. The summed E-state index contributed by atoms with van der Waals surface area (Å²) >= 11 is 5.62. The van der Waals surface area contributed by atoms with E-state index in [1.807, 2.05) is 0 Å². The van der Waals surface area contributed by atoms with Crippen molar-refractivity contribution in [2.75, 3.05) is 10.6 Å². The van der Waals surface area contributed by atoms with Gasteiger partial charge >= 0.3 is 0 Å². The molecule has 0 aliphatic carbocycles. The Morgan fingerprint density at radius 2 is 2.00 bits per heavy atom. The number of hydrogen-bond donors (Lipinski definition) is 1. The molecule has 0 aliphatic rings. The summed E-state index contributed by atoms with van der Waals surface area (Å²) in [5.74, 6) is 0.431. The average molecular weight is 302 g/mol. The number of nitrogens with zero attached hydrogens (tertiary/aromatic N) is 4. The molecule has 2 rings (SSSR count). The van der Waals surface area contributed by atoms with E-state index in [0.717, 1.165) is 5.56 Å². The van der Waals surface area contributed by atoms with Gasteiger partial charge in [-0.3, -0.25) is 0 Å². The molecule has 1 aromatic heterocycles. The Balaban J connectivity index is 2.19. The predicted octanol–water partition coefficient (Wildman–Crippen LogP) is 0.792. The average Bonchev–Trinajstić information content (AvgIpc) is 2.75. The van der Waals surface area contributed by atoms with Crippen LogP contribution in [0.4, 0.5) is 5.95 Å². The summed E-state index contributed by atoms with van der Waals surface area (Å²) in [7, 11) is -2.15. The van der Waals surface area contributed by atoms with Crippen LogP contribution >= 0.6 is 11.6 Å². The van der Waals surface area contributed by atoms with Crippen molar-refractivity contribution in [3.63, 3.8) is 0 Å². The first-order chi connectivity index (χ1) is 9.01. The molecule has 0 radical (unpaired) electrons. The Hall–Kier alpha value is -1.67. The first kappa shape index (κ1) is 13.8. The maximum Gasteiger partial charge on any atom is 0.277 e. The number of rotatable bonds is 5. The maximum absolute atomic E-state index is 12.0. The lowest BCUT2D eigenvalue weighted by molar-refractivity contribution is 0.600. The van der Waals surface area contributed by atoms with Gasteiger partial charge < -0.3 is 0 Å². The highest BCUT2D eigenvalue weighted by Gasteiger charge is 2.16. The Kier molecular flexibility index (Phi) is 4.01. The number of nitrogens with one attached hydrogen (secondary N) is 1. The molecule has 1 aromatic carbocycles. The fourth-order valence-corrected chi connectivity index (χ4v) is 2.60. The molecule has 0 aliphatic heterocycles. The summed E-state index contributed by atoms with van der Waals surface area (Å²) in [5, 5.41) is 10.9. The van der Waals surface area contributed by atoms with Gasteiger partial charge in [-0.15, -0.1) is 16.7 Å². The summed E-state index contributed by atoms with van der Waals surface area (Å²) in [4.78, 5) is 1.31. The standard InChI is InChI=1S/C10H12ClN5O2S/c1-16-13-10(12-15-16)14-19(17,18)9-4-2-8(3-5-9)6-7-11/h2-5H,6-7H2,1H3,(H,13,14). The van der Waals surface area contributed by atoms with Crippen molar-refractivity contribution in [2.24, 2.45) is 7.05 Å². The van der Waals surface area contributed by atoms with Crippen LogP contribution in [-0.4, -0.2) is 34.5 Å². The van der Waals surface area contributed by atoms with Crippen LogP contribution in [0.1, 0.15) is 5.56 Å². The molecule has 7 nitrogen and oxygen atoms in total. The quantitative estimate of drug-likeness (QED) is 0.825. The first-order valence-corrected chi connectivity index (χ1v) is 7.45. The zero-order valence-corrected chi connectivity index (χ0v) is 11.7. The van der Waals surface area contributed by atoms with Gasteiger partial charge in [-0.2, -0.15) is 4.80 Å². The second-order valence-electron chi connectivity index (χ2n) is 3.79. The number of alkyl halides is 1. The van der Waals surface area contributed by atoms with Crippen molar-refractivity contribution in [2.45, 2.75) is 11.3 Å². The van der Waals surface area contributed by atoms with Crippen molar-refractivity contribution < 1.29 is 8.42 Å². The summed E-state index contributed by atoms with van der Waals surface area (Å²) < 4.78 is 26.3. The number of benzene rings is 1. The minimum Gasteiger partial charge on any atom is -0.245 e. The highest BCUT2D eigenvalue weighted by atomic mass is 35.5. The smallest absolute Gasteiger partial charge is 0.245 e. The molecule has 0 saturated heterocycles. The lowest BCUT2D eigenvalue weighted by atomic mass is 10.2.